The molecule has 0 aliphatic heterocycles. The van der Waals surface area contributed by atoms with E-state index in [2.05, 4.69) is 5.32 Å². The standard InChI is InChI=1S/C16H25NO4/c1-16(2,3)21-15(19)17-14(11-18)9-10-20-12-13-7-5-4-6-8-13/h4-8,14,18H,9-12H2,1-3H3,(H,17,19)/t14-/m0/s1. The van der Waals surface area contributed by atoms with E-state index in [0.717, 1.165) is 5.56 Å². The van der Waals surface area contributed by atoms with Gasteiger partial charge in [-0.2, -0.15) is 0 Å². The lowest BCUT2D eigenvalue weighted by molar-refractivity contribution is 0.0451. The average molecular weight is 295 g/mol. The van der Waals surface area contributed by atoms with E-state index in [0.29, 0.717) is 19.6 Å². The number of amides is 1. The molecule has 0 spiro atoms. The number of carbonyl (C=O) groups is 1. The molecule has 1 atom stereocenters. The molecule has 0 bridgehead atoms. The van der Waals surface area contributed by atoms with Crippen LogP contribution in [0.3, 0.4) is 0 Å². The Labute approximate surface area is 126 Å². The van der Waals surface area contributed by atoms with Crippen LogP contribution in [0.2, 0.25) is 0 Å². The first-order chi connectivity index (χ1) is 9.90. The lowest BCUT2D eigenvalue weighted by Crippen LogP contribution is -2.41. The second-order valence-corrected chi connectivity index (χ2v) is 5.85. The zero-order valence-corrected chi connectivity index (χ0v) is 13.0. The molecule has 118 valence electrons. The summed E-state index contributed by atoms with van der Waals surface area (Å²) in [4.78, 5) is 11.6. The molecule has 0 saturated heterocycles. The second kappa shape index (κ2) is 8.64. The van der Waals surface area contributed by atoms with Gasteiger partial charge in [0.05, 0.1) is 19.3 Å². The third kappa shape index (κ3) is 8.32. The largest absolute Gasteiger partial charge is 0.444 e. The number of rotatable bonds is 7. The number of carbonyl (C=O) groups excluding carboxylic acids is 1. The lowest BCUT2D eigenvalue weighted by atomic mass is 10.2. The Morgan fingerprint density at radius 2 is 1.95 bits per heavy atom. The molecule has 0 unspecified atom stereocenters. The van der Waals surface area contributed by atoms with Gasteiger partial charge >= 0.3 is 6.09 Å². The molecule has 0 saturated carbocycles. The fourth-order valence-electron chi connectivity index (χ4n) is 1.67. The maximum absolute atomic E-state index is 11.6. The van der Waals surface area contributed by atoms with Crippen molar-refractivity contribution in [2.24, 2.45) is 0 Å². The number of ether oxygens (including phenoxy) is 2. The fraction of sp³-hybridized carbons (Fsp3) is 0.562. The molecule has 0 aliphatic carbocycles. The Hall–Kier alpha value is -1.59. The molecule has 2 N–H and O–H groups in total. The van der Waals surface area contributed by atoms with Crippen LogP contribution in [-0.4, -0.2) is 36.1 Å². The fourth-order valence-corrected chi connectivity index (χ4v) is 1.67. The monoisotopic (exact) mass is 295 g/mol. The summed E-state index contributed by atoms with van der Waals surface area (Å²) in [7, 11) is 0. The van der Waals surface area contributed by atoms with Crippen LogP contribution in [0.1, 0.15) is 32.8 Å². The smallest absolute Gasteiger partial charge is 0.407 e. The van der Waals surface area contributed by atoms with E-state index in [1.165, 1.54) is 0 Å². The molecule has 5 nitrogen and oxygen atoms in total. The molecule has 1 amide bonds. The summed E-state index contributed by atoms with van der Waals surface area (Å²) in [6.07, 6.45) is 0.00682. The van der Waals surface area contributed by atoms with Gasteiger partial charge in [-0.05, 0) is 32.8 Å². The highest BCUT2D eigenvalue weighted by Crippen LogP contribution is 2.07. The van der Waals surface area contributed by atoms with Crippen molar-refractivity contribution >= 4 is 6.09 Å². The highest BCUT2D eigenvalue weighted by atomic mass is 16.6. The molecule has 0 fully saturated rings. The number of hydrogen-bond donors (Lipinski definition) is 2. The molecule has 0 radical (unpaired) electrons. The van der Waals surface area contributed by atoms with Crippen LogP contribution in [0.5, 0.6) is 0 Å². The van der Waals surface area contributed by atoms with Gasteiger partial charge in [-0.1, -0.05) is 30.3 Å². The van der Waals surface area contributed by atoms with Crippen LogP contribution < -0.4 is 5.32 Å². The number of benzene rings is 1. The lowest BCUT2D eigenvalue weighted by Gasteiger charge is -2.22. The number of aliphatic hydroxyl groups is 1. The summed E-state index contributed by atoms with van der Waals surface area (Å²) in [5.41, 5.74) is 0.548. The zero-order chi connectivity index (χ0) is 15.7. The summed E-state index contributed by atoms with van der Waals surface area (Å²) >= 11 is 0. The van der Waals surface area contributed by atoms with E-state index in [1.54, 1.807) is 20.8 Å². The first kappa shape index (κ1) is 17.5. The summed E-state index contributed by atoms with van der Waals surface area (Å²) in [6, 6.07) is 9.48. The van der Waals surface area contributed by atoms with Crippen molar-refractivity contribution < 1.29 is 19.4 Å². The molecular formula is C16H25NO4. The van der Waals surface area contributed by atoms with E-state index in [-0.39, 0.29) is 12.6 Å². The van der Waals surface area contributed by atoms with Gasteiger partial charge < -0.3 is 19.9 Å². The predicted octanol–water partition coefficient (Wildman–Crippen LogP) is 2.48. The van der Waals surface area contributed by atoms with Crippen LogP contribution in [0.15, 0.2) is 30.3 Å². The van der Waals surface area contributed by atoms with Crippen LogP contribution >= 0.6 is 0 Å². The molecule has 1 aromatic rings. The number of alkyl carbamates (subject to hydrolysis) is 1. The third-order valence-electron chi connectivity index (χ3n) is 2.66. The van der Waals surface area contributed by atoms with Crippen LogP contribution in [0.25, 0.3) is 0 Å². The average Bonchev–Trinajstić information content (AvgIpc) is 2.41. The van der Waals surface area contributed by atoms with Gasteiger partial charge in [0.2, 0.25) is 0 Å². The van der Waals surface area contributed by atoms with Gasteiger partial charge in [-0.15, -0.1) is 0 Å². The Bertz CT molecular complexity index is 414. The van der Waals surface area contributed by atoms with Crippen molar-refractivity contribution in [3.63, 3.8) is 0 Å². The van der Waals surface area contributed by atoms with Crippen LogP contribution in [0.4, 0.5) is 4.79 Å². The Morgan fingerprint density at radius 3 is 2.52 bits per heavy atom. The first-order valence-electron chi connectivity index (χ1n) is 7.13. The minimum atomic E-state index is -0.548. The normalized spacial score (nSPS) is 12.8. The summed E-state index contributed by atoms with van der Waals surface area (Å²) in [5, 5.41) is 11.9. The van der Waals surface area contributed by atoms with E-state index in [1.807, 2.05) is 30.3 Å². The van der Waals surface area contributed by atoms with E-state index in [9.17, 15) is 9.90 Å². The molecule has 0 heterocycles. The first-order valence-corrected chi connectivity index (χ1v) is 7.13. The number of nitrogens with one attached hydrogen (secondary N) is 1. The quantitative estimate of drug-likeness (QED) is 0.758. The van der Waals surface area contributed by atoms with Crippen molar-refractivity contribution in [3.05, 3.63) is 35.9 Å². The predicted molar refractivity (Wildman–Crippen MR) is 81.0 cm³/mol. The molecule has 5 heteroatoms. The Balaban J connectivity index is 2.23. The van der Waals surface area contributed by atoms with Gasteiger partial charge in [-0.25, -0.2) is 4.79 Å². The molecule has 0 aromatic heterocycles. The maximum atomic E-state index is 11.6. The zero-order valence-electron chi connectivity index (χ0n) is 13.0. The molecule has 1 rings (SSSR count). The second-order valence-electron chi connectivity index (χ2n) is 5.85. The van der Waals surface area contributed by atoms with Gasteiger partial charge in [-0.3, -0.25) is 0 Å². The number of hydrogen-bond acceptors (Lipinski definition) is 4. The van der Waals surface area contributed by atoms with Crippen molar-refractivity contribution in [2.75, 3.05) is 13.2 Å². The van der Waals surface area contributed by atoms with Crippen molar-refractivity contribution in [1.29, 1.82) is 0 Å². The molecule has 21 heavy (non-hydrogen) atoms. The maximum Gasteiger partial charge on any atom is 0.407 e. The van der Waals surface area contributed by atoms with E-state index >= 15 is 0 Å². The highest BCUT2D eigenvalue weighted by Gasteiger charge is 2.18. The summed E-state index contributed by atoms with van der Waals surface area (Å²) in [6.45, 7) is 6.21. The van der Waals surface area contributed by atoms with Crippen molar-refractivity contribution in [3.8, 4) is 0 Å². The Morgan fingerprint density at radius 1 is 1.29 bits per heavy atom. The molecule has 0 aliphatic rings. The minimum absolute atomic E-state index is 0.145. The van der Waals surface area contributed by atoms with Gasteiger partial charge in [0, 0.05) is 6.61 Å². The summed E-state index contributed by atoms with van der Waals surface area (Å²) in [5.74, 6) is 0. The Kier molecular flexibility index (Phi) is 7.19. The third-order valence-corrected chi connectivity index (χ3v) is 2.66. The molecule has 1 aromatic carbocycles. The van der Waals surface area contributed by atoms with Crippen molar-refractivity contribution in [2.45, 2.75) is 45.4 Å². The van der Waals surface area contributed by atoms with Crippen molar-refractivity contribution in [1.82, 2.24) is 5.32 Å². The van der Waals surface area contributed by atoms with E-state index < -0.39 is 11.7 Å². The van der Waals surface area contributed by atoms with Crippen LogP contribution in [0, 0.1) is 0 Å². The SMILES string of the molecule is CC(C)(C)OC(=O)N[C@H](CO)CCOCc1ccccc1. The topological polar surface area (TPSA) is 67.8 Å². The van der Waals surface area contributed by atoms with Crippen LogP contribution in [-0.2, 0) is 16.1 Å². The minimum Gasteiger partial charge on any atom is -0.444 e. The molecular weight excluding hydrogens is 270 g/mol. The van der Waals surface area contributed by atoms with Gasteiger partial charge in [0.15, 0.2) is 0 Å². The number of aliphatic hydroxyl groups excluding tert-OH is 1. The highest BCUT2D eigenvalue weighted by molar-refractivity contribution is 5.68. The van der Waals surface area contributed by atoms with Gasteiger partial charge in [0.1, 0.15) is 5.60 Å². The van der Waals surface area contributed by atoms with E-state index in [4.69, 9.17) is 9.47 Å². The van der Waals surface area contributed by atoms with Gasteiger partial charge in [0.25, 0.3) is 0 Å². The summed E-state index contributed by atoms with van der Waals surface area (Å²) < 4.78 is 10.7.